The fourth-order valence-corrected chi connectivity index (χ4v) is 3.98. The molecule has 0 N–H and O–H groups in total. The summed E-state index contributed by atoms with van der Waals surface area (Å²) in [6.45, 7) is 11.5. The van der Waals surface area contributed by atoms with Crippen LogP contribution in [0.5, 0.6) is 0 Å². The molecule has 0 fully saturated rings. The minimum atomic E-state index is 0.656. The molecule has 1 heteroatoms. The van der Waals surface area contributed by atoms with Crippen molar-refractivity contribution in [3.05, 3.63) is 77.5 Å². The zero-order chi connectivity index (χ0) is 20.3. The first-order chi connectivity index (χ1) is 13.3. The topological polar surface area (TPSA) is 3.88 Å². The molecule has 1 nitrogen and oxygen atoms in total. The molecule has 2 aromatic carbocycles. The summed E-state index contributed by atoms with van der Waals surface area (Å²) >= 11 is 0. The number of aryl methyl sites for hydroxylation is 2. The molecule has 0 aliphatic heterocycles. The van der Waals surface area contributed by atoms with Crippen molar-refractivity contribution in [2.75, 3.05) is 0 Å². The number of hydrogen-bond acceptors (Lipinski definition) is 0. The maximum Gasteiger partial charge on any atom is 0.212 e. The van der Waals surface area contributed by atoms with E-state index in [0.29, 0.717) is 11.8 Å². The van der Waals surface area contributed by atoms with E-state index in [1.807, 2.05) is 0 Å². The van der Waals surface area contributed by atoms with Crippen LogP contribution in [0.2, 0.25) is 0 Å². The second-order valence-electron chi connectivity index (χ2n) is 8.91. The molecular formula is C27H34N+. The molecule has 1 aromatic heterocycles. The van der Waals surface area contributed by atoms with Crippen LogP contribution < -0.4 is 4.57 Å². The Labute approximate surface area is 171 Å². The highest BCUT2D eigenvalue weighted by molar-refractivity contribution is 5.73. The summed E-state index contributed by atoms with van der Waals surface area (Å²) in [5, 5.41) is 0. The molecule has 1 heterocycles. The van der Waals surface area contributed by atoms with Gasteiger partial charge in [-0.3, -0.25) is 0 Å². The van der Waals surface area contributed by atoms with Crippen molar-refractivity contribution in [3.8, 4) is 22.4 Å². The van der Waals surface area contributed by atoms with Gasteiger partial charge in [-0.05, 0) is 59.9 Å². The predicted molar refractivity (Wildman–Crippen MR) is 120 cm³/mol. The Balaban J connectivity index is 2.12. The van der Waals surface area contributed by atoms with Gasteiger partial charge < -0.3 is 0 Å². The van der Waals surface area contributed by atoms with Crippen LogP contribution >= 0.6 is 0 Å². The Bertz CT molecular complexity index is 936. The number of rotatable bonds is 6. The van der Waals surface area contributed by atoms with Gasteiger partial charge in [-0.15, -0.1) is 0 Å². The summed E-state index contributed by atoms with van der Waals surface area (Å²) in [5.74, 6) is 1.32. The van der Waals surface area contributed by atoms with Crippen LogP contribution in [0, 0.1) is 18.8 Å². The minimum Gasteiger partial charge on any atom is -0.201 e. The summed E-state index contributed by atoms with van der Waals surface area (Å²) in [6, 6.07) is 19.9. The molecular weight excluding hydrogens is 338 g/mol. The Kier molecular flexibility index (Phi) is 6.34. The third-order valence-electron chi connectivity index (χ3n) is 5.33. The second kappa shape index (κ2) is 8.73. The summed E-state index contributed by atoms with van der Waals surface area (Å²) in [7, 11) is 2.19. The largest absolute Gasteiger partial charge is 0.212 e. The normalized spacial score (nSPS) is 11.4. The summed E-state index contributed by atoms with van der Waals surface area (Å²) < 4.78 is 2.32. The lowest BCUT2D eigenvalue weighted by atomic mass is 9.91. The van der Waals surface area contributed by atoms with E-state index < -0.39 is 0 Å². The van der Waals surface area contributed by atoms with E-state index in [1.54, 1.807) is 0 Å². The highest BCUT2D eigenvalue weighted by Crippen LogP contribution is 2.29. The number of benzene rings is 2. The third kappa shape index (κ3) is 4.70. The number of pyridine rings is 1. The van der Waals surface area contributed by atoms with Crippen molar-refractivity contribution in [3.63, 3.8) is 0 Å². The Morgan fingerprint density at radius 2 is 1.39 bits per heavy atom. The van der Waals surface area contributed by atoms with Crippen LogP contribution in [-0.4, -0.2) is 0 Å². The molecule has 28 heavy (non-hydrogen) atoms. The van der Waals surface area contributed by atoms with Crippen LogP contribution in [-0.2, 0) is 19.9 Å². The first kappa shape index (κ1) is 20.3. The molecule has 0 aliphatic carbocycles. The van der Waals surface area contributed by atoms with Gasteiger partial charge in [0.15, 0.2) is 6.20 Å². The molecule has 0 bridgehead atoms. The number of hydrogen-bond donors (Lipinski definition) is 0. The van der Waals surface area contributed by atoms with E-state index in [2.05, 4.69) is 107 Å². The smallest absolute Gasteiger partial charge is 0.201 e. The summed E-state index contributed by atoms with van der Waals surface area (Å²) in [6.07, 6.45) is 4.63. The minimum absolute atomic E-state index is 0.656. The average molecular weight is 373 g/mol. The maximum atomic E-state index is 2.44. The lowest BCUT2D eigenvalue weighted by Crippen LogP contribution is -2.32. The van der Waals surface area contributed by atoms with E-state index in [0.717, 1.165) is 12.8 Å². The zero-order valence-corrected chi connectivity index (χ0v) is 18.3. The fraction of sp³-hybridized carbons (Fsp3) is 0.370. The second-order valence-corrected chi connectivity index (χ2v) is 8.91. The zero-order valence-electron chi connectivity index (χ0n) is 18.3. The standard InChI is InChI=1S/C27H34N/c1-19(2)14-24-17-27(28(6)18-25(24)15-20(3)4)26-16-23(13-12-21(26)5)22-10-8-7-9-11-22/h7-13,16-20H,14-15H2,1-6H3/q+1. The molecule has 3 aromatic rings. The predicted octanol–water partition coefficient (Wildman–Crippen LogP) is 6.55. The van der Waals surface area contributed by atoms with Crippen molar-refractivity contribution in [2.45, 2.75) is 47.5 Å². The molecule has 0 saturated carbocycles. The maximum absolute atomic E-state index is 2.44. The molecule has 0 saturated heterocycles. The van der Waals surface area contributed by atoms with E-state index in [-0.39, 0.29) is 0 Å². The van der Waals surface area contributed by atoms with Crippen molar-refractivity contribution >= 4 is 0 Å². The van der Waals surface area contributed by atoms with Crippen molar-refractivity contribution in [2.24, 2.45) is 18.9 Å². The van der Waals surface area contributed by atoms with Gasteiger partial charge in [0.2, 0.25) is 5.69 Å². The Hall–Kier alpha value is -2.41. The molecule has 0 unspecified atom stereocenters. The van der Waals surface area contributed by atoms with E-state index in [4.69, 9.17) is 0 Å². The Morgan fingerprint density at radius 1 is 0.750 bits per heavy atom. The first-order valence-electron chi connectivity index (χ1n) is 10.5. The average Bonchev–Trinajstić information content (AvgIpc) is 2.64. The van der Waals surface area contributed by atoms with Crippen molar-refractivity contribution in [1.82, 2.24) is 0 Å². The van der Waals surface area contributed by atoms with E-state index >= 15 is 0 Å². The molecule has 146 valence electrons. The highest BCUT2D eigenvalue weighted by atomic mass is 14.9. The molecule has 0 amide bonds. The van der Waals surface area contributed by atoms with Gasteiger partial charge in [-0.25, -0.2) is 4.57 Å². The van der Waals surface area contributed by atoms with Crippen LogP contribution in [0.25, 0.3) is 22.4 Å². The van der Waals surface area contributed by atoms with Gasteiger partial charge in [0.05, 0.1) is 0 Å². The molecule has 0 radical (unpaired) electrons. The molecule has 0 atom stereocenters. The van der Waals surface area contributed by atoms with Gasteiger partial charge in [0.1, 0.15) is 7.05 Å². The Morgan fingerprint density at radius 3 is 2.04 bits per heavy atom. The molecule has 0 aliphatic rings. The summed E-state index contributed by atoms with van der Waals surface area (Å²) in [5.41, 5.74) is 9.49. The quantitative estimate of drug-likeness (QED) is 0.432. The van der Waals surface area contributed by atoms with E-state index in [1.165, 1.54) is 39.1 Å². The van der Waals surface area contributed by atoms with Crippen molar-refractivity contribution in [1.29, 1.82) is 0 Å². The van der Waals surface area contributed by atoms with Crippen LogP contribution in [0.15, 0.2) is 60.8 Å². The lowest BCUT2D eigenvalue weighted by molar-refractivity contribution is -0.660. The first-order valence-corrected chi connectivity index (χ1v) is 10.5. The van der Waals surface area contributed by atoms with Gasteiger partial charge in [-0.1, -0.05) is 70.2 Å². The lowest BCUT2D eigenvalue weighted by Gasteiger charge is -2.15. The van der Waals surface area contributed by atoms with Gasteiger partial charge >= 0.3 is 0 Å². The number of nitrogens with zero attached hydrogens (tertiary/aromatic N) is 1. The van der Waals surface area contributed by atoms with Gasteiger partial charge in [-0.2, -0.15) is 0 Å². The van der Waals surface area contributed by atoms with E-state index in [9.17, 15) is 0 Å². The number of aromatic nitrogens is 1. The van der Waals surface area contributed by atoms with Crippen LogP contribution in [0.4, 0.5) is 0 Å². The van der Waals surface area contributed by atoms with Gasteiger partial charge in [0, 0.05) is 17.2 Å². The molecule has 0 spiro atoms. The fourth-order valence-electron chi connectivity index (χ4n) is 3.98. The SMILES string of the molecule is Cc1ccc(-c2ccccc2)cc1-c1cc(CC(C)C)c(CC(C)C)c[n+]1C. The monoisotopic (exact) mass is 372 g/mol. The van der Waals surface area contributed by atoms with Crippen LogP contribution in [0.3, 0.4) is 0 Å². The summed E-state index contributed by atoms with van der Waals surface area (Å²) in [4.78, 5) is 0. The van der Waals surface area contributed by atoms with Crippen molar-refractivity contribution < 1.29 is 4.57 Å². The third-order valence-corrected chi connectivity index (χ3v) is 5.33. The highest BCUT2D eigenvalue weighted by Gasteiger charge is 2.19. The van der Waals surface area contributed by atoms with Gasteiger partial charge in [0.25, 0.3) is 0 Å². The van der Waals surface area contributed by atoms with Crippen LogP contribution in [0.1, 0.15) is 44.4 Å². The molecule has 3 rings (SSSR count).